The Hall–Kier alpha value is -3.06. The molecule has 0 spiro atoms. The minimum atomic E-state index is 0.0409. The summed E-state index contributed by atoms with van der Waals surface area (Å²) in [6, 6.07) is 11.9. The number of thiazole rings is 1. The molecule has 7 heteroatoms. The number of nitrogens with zero attached hydrogens (tertiary/aromatic N) is 4. The largest absolute Gasteiger partial charge is 0.338 e. The van der Waals surface area contributed by atoms with Crippen molar-refractivity contribution in [3.8, 4) is 0 Å². The summed E-state index contributed by atoms with van der Waals surface area (Å²) in [6.07, 6.45) is 4.42. The molecule has 3 heterocycles. The van der Waals surface area contributed by atoms with Crippen molar-refractivity contribution < 1.29 is 4.79 Å². The zero-order chi connectivity index (χ0) is 21.1. The van der Waals surface area contributed by atoms with E-state index in [1.807, 2.05) is 61.2 Å². The number of rotatable bonds is 5. The van der Waals surface area contributed by atoms with Crippen LogP contribution in [-0.4, -0.2) is 38.8 Å². The molecule has 1 amide bonds. The van der Waals surface area contributed by atoms with Crippen molar-refractivity contribution in [2.24, 2.45) is 0 Å². The second-order valence-electron chi connectivity index (χ2n) is 7.52. The van der Waals surface area contributed by atoms with Gasteiger partial charge in [0.2, 0.25) is 5.91 Å². The van der Waals surface area contributed by atoms with Crippen molar-refractivity contribution in [2.45, 2.75) is 33.1 Å². The highest BCUT2D eigenvalue weighted by Crippen LogP contribution is 2.29. The van der Waals surface area contributed by atoms with Gasteiger partial charge in [-0.05, 0) is 38.8 Å². The topological polar surface area (TPSA) is 71.0 Å². The van der Waals surface area contributed by atoms with E-state index in [-0.39, 0.29) is 11.8 Å². The molecule has 3 aromatic rings. The third-order valence-electron chi connectivity index (χ3n) is 5.26. The van der Waals surface area contributed by atoms with E-state index in [9.17, 15) is 4.79 Å². The Balaban J connectivity index is 1.44. The summed E-state index contributed by atoms with van der Waals surface area (Å²) < 4.78 is 0. The number of amides is 1. The quantitative estimate of drug-likeness (QED) is 0.611. The van der Waals surface area contributed by atoms with Gasteiger partial charge >= 0.3 is 0 Å². The average molecular weight is 420 g/mol. The van der Waals surface area contributed by atoms with Gasteiger partial charge in [0, 0.05) is 36.0 Å². The maximum absolute atomic E-state index is 12.6. The molecule has 0 aliphatic carbocycles. The highest BCUT2D eigenvalue weighted by Gasteiger charge is 2.27. The third-order valence-corrected chi connectivity index (χ3v) is 6.25. The fourth-order valence-corrected chi connectivity index (χ4v) is 4.36. The Morgan fingerprint density at radius 3 is 2.70 bits per heavy atom. The van der Waals surface area contributed by atoms with Crippen LogP contribution in [0.25, 0.3) is 6.08 Å². The van der Waals surface area contributed by atoms with Gasteiger partial charge in [-0.1, -0.05) is 30.3 Å². The minimum absolute atomic E-state index is 0.0409. The smallest absolute Gasteiger partial charge is 0.246 e. The molecule has 1 saturated heterocycles. The summed E-state index contributed by atoms with van der Waals surface area (Å²) in [4.78, 5) is 29.4. The monoisotopic (exact) mass is 419 g/mol. The molecule has 1 N–H and O–H groups in total. The predicted molar refractivity (Wildman–Crippen MR) is 121 cm³/mol. The molecule has 30 heavy (non-hydrogen) atoms. The van der Waals surface area contributed by atoms with Crippen LogP contribution in [0, 0.1) is 20.8 Å². The van der Waals surface area contributed by atoms with Crippen LogP contribution in [0.2, 0.25) is 0 Å². The van der Waals surface area contributed by atoms with Crippen molar-refractivity contribution in [2.75, 3.05) is 18.4 Å². The van der Waals surface area contributed by atoms with Crippen LogP contribution in [0.1, 0.15) is 40.0 Å². The van der Waals surface area contributed by atoms with Crippen molar-refractivity contribution in [1.82, 2.24) is 19.9 Å². The minimum Gasteiger partial charge on any atom is -0.338 e. The molecule has 0 bridgehead atoms. The molecule has 1 fully saturated rings. The number of anilines is 2. The second kappa shape index (κ2) is 8.75. The molecule has 1 aromatic carbocycles. The van der Waals surface area contributed by atoms with Crippen LogP contribution in [-0.2, 0) is 4.79 Å². The van der Waals surface area contributed by atoms with Crippen LogP contribution >= 0.6 is 11.3 Å². The van der Waals surface area contributed by atoms with Gasteiger partial charge in [0.05, 0.1) is 11.4 Å². The van der Waals surface area contributed by atoms with Gasteiger partial charge in [0.1, 0.15) is 11.6 Å². The summed E-state index contributed by atoms with van der Waals surface area (Å²) in [5.41, 5.74) is 3.02. The normalized spacial score (nSPS) is 16.4. The number of aromatic nitrogens is 3. The number of aryl methyl sites for hydroxylation is 3. The number of carbonyl (C=O) groups is 1. The lowest BCUT2D eigenvalue weighted by Gasteiger charge is -2.15. The molecule has 0 unspecified atom stereocenters. The molecule has 2 aromatic heterocycles. The van der Waals surface area contributed by atoms with Gasteiger partial charge in [-0.25, -0.2) is 15.0 Å². The lowest BCUT2D eigenvalue weighted by Crippen LogP contribution is -2.26. The Bertz CT molecular complexity index is 1060. The number of nitrogens with one attached hydrogen (secondary N) is 1. The highest BCUT2D eigenvalue weighted by atomic mass is 32.1. The number of likely N-dealkylation sites (tertiary alicyclic amines) is 1. The van der Waals surface area contributed by atoms with Crippen LogP contribution in [0.3, 0.4) is 0 Å². The lowest BCUT2D eigenvalue weighted by molar-refractivity contribution is -0.124. The highest BCUT2D eigenvalue weighted by molar-refractivity contribution is 7.15. The Morgan fingerprint density at radius 1 is 1.17 bits per heavy atom. The number of hydrogen-bond acceptors (Lipinski definition) is 6. The van der Waals surface area contributed by atoms with E-state index in [2.05, 4.69) is 27.2 Å². The maximum Gasteiger partial charge on any atom is 0.246 e. The lowest BCUT2D eigenvalue weighted by atomic mass is 10.0. The van der Waals surface area contributed by atoms with Gasteiger partial charge in [0.15, 0.2) is 5.13 Å². The Kier molecular flexibility index (Phi) is 5.90. The summed E-state index contributed by atoms with van der Waals surface area (Å²) >= 11 is 1.62. The van der Waals surface area contributed by atoms with Crippen molar-refractivity contribution >= 4 is 34.3 Å². The first kappa shape index (κ1) is 20.2. The van der Waals surface area contributed by atoms with Crippen LogP contribution in [0.15, 0.2) is 42.5 Å². The summed E-state index contributed by atoms with van der Waals surface area (Å²) in [6.45, 7) is 7.37. The second-order valence-corrected chi connectivity index (χ2v) is 8.73. The molecule has 0 radical (unpaired) electrons. The first-order valence-electron chi connectivity index (χ1n) is 10.1. The van der Waals surface area contributed by atoms with Gasteiger partial charge < -0.3 is 10.2 Å². The SMILES string of the molecule is Cc1nc(Nc2nc(C)c(C)s2)cc([C@H]2CCN(C(=O)/C=C/c3ccccc3)C2)n1. The first-order chi connectivity index (χ1) is 14.5. The van der Waals surface area contributed by atoms with E-state index >= 15 is 0 Å². The fourth-order valence-electron chi connectivity index (χ4n) is 3.54. The van der Waals surface area contributed by atoms with Gasteiger partial charge in [-0.3, -0.25) is 4.79 Å². The van der Waals surface area contributed by atoms with Crippen molar-refractivity contribution in [3.63, 3.8) is 0 Å². The van der Waals surface area contributed by atoms with Crippen molar-refractivity contribution in [3.05, 3.63) is 70.1 Å². The predicted octanol–water partition coefficient (Wildman–Crippen LogP) is 4.63. The van der Waals surface area contributed by atoms with Gasteiger partial charge in [0.25, 0.3) is 0 Å². The van der Waals surface area contributed by atoms with E-state index in [1.54, 1.807) is 17.4 Å². The molecule has 1 atom stereocenters. The molecule has 6 nitrogen and oxygen atoms in total. The maximum atomic E-state index is 12.6. The zero-order valence-electron chi connectivity index (χ0n) is 17.4. The van der Waals surface area contributed by atoms with E-state index in [4.69, 9.17) is 0 Å². The summed E-state index contributed by atoms with van der Waals surface area (Å²) in [7, 11) is 0. The Labute approximate surface area is 180 Å². The summed E-state index contributed by atoms with van der Waals surface area (Å²) in [5.74, 6) is 1.72. The van der Waals surface area contributed by atoms with E-state index in [1.165, 1.54) is 4.88 Å². The summed E-state index contributed by atoms with van der Waals surface area (Å²) in [5, 5.41) is 4.14. The molecule has 154 valence electrons. The standard InChI is InChI=1S/C23H25N5OS/c1-15-16(2)30-23(24-15)27-21-13-20(25-17(3)26-21)19-11-12-28(14-19)22(29)10-9-18-7-5-4-6-8-18/h4-10,13,19H,11-12,14H2,1-3H3,(H,24,25,26,27)/b10-9+/t19-/m0/s1. The number of hydrogen-bond donors (Lipinski definition) is 1. The van der Waals surface area contributed by atoms with Gasteiger partial charge in [-0.15, -0.1) is 11.3 Å². The molecule has 0 saturated carbocycles. The molecule has 1 aliphatic heterocycles. The van der Waals surface area contributed by atoms with E-state index in [0.717, 1.165) is 40.9 Å². The number of benzene rings is 1. The molecular formula is C23H25N5OS. The molecule has 4 rings (SSSR count). The van der Waals surface area contributed by atoms with E-state index in [0.29, 0.717) is 12.4 Å². The zero-order valence-corrected chi connectivity index (χ0v) is 18.2. The van der Waals surface area contributed by atoms with Crippen LogP contribution in [0.4, 0.5) is 10.9 Å². The van der Waals surface area contributed by atoms with Crippen LogP contribution < -0.4 is 5.32 Å². The third kappa shape index (κ3) is 4.74. The number of carbonyl (C=O) groups excluding carboxylic acids is 1. The van der Waals surface area contributed by atoms with E-state index < -0.39 is 0 Å². The first-order valence-corrected chi connectivity index (χ1v) is 10.9. The average Bonchev–Trinajstić information content (AvgIpc) is 3.34. The van der Waals surface area contributed by atoms with Gasteiger partial charge in [-0.2, -0.15) is 0 Å². The fraction of sp³-hybridized carbons (Fsp3) is 0.304. The van der Waals surface area contributed by atoms with Crippen LogP contribution in [0.5, 0.6) is 0 Å². The van der Waals surface area contributed by atoms with Crippen molar-refractivity contribution in [1.29, 1.82) is 0 Å². The molecular weight excluding hydrogens is 394 g/mol. The Morgan fingerprint density at radius 2 is 1.97 bits per heavy atom. The molecule has 1 aliphatic rings.